The summed E-state index contributed by atoms with van der Waals surface area (Å²) in [5, 5.41) is 7.07. The molecule has 21 heavy (non-hydrogen) atoms. The number of anilines is 1. The van der Waals surface area contributed by atoms with Crippen molar-refractivity contribution in [3.8, 4) is 5.75 Å². The number of alkyl halides is 2. The maximum atomic E-state index is 12.2. The number of benzene rings is 1. The molecule has 0 aliphatic carbocycles. The molecule has 1 aromatic rings. The maximum Gasteiger partial charge on any atom is 0.387 e. The molecule has 0 aromatic heterocycles. The van der Waals surface area contributed by atoms with E-state index in [0.29, 0.717) is 5.69 Å². The molecule has 0 fully saturated rings. The van der Waals surface area contributed by atoms with Gasteiger partial charge in [-0.1, -0.05) is 11.6 Å². The molecule has 1 atom stereocenters. The van der Waals surface area contributed by atoms with Crippen molar-refractivity contribution in [1.82, 2.24) is 10.6 Å². The number of hydrogen-bond donors (Lipinski definition) is 3. The van der Waals surface area contributed by atoms with E-state index in [1.54, 1.807) is 0 Å². The molecule has 0 aliphatic heterocycles. The van der Waals surface area contributed by atoms with Crippen LogP contribution < -0.4 is 20.7 Å². The molecular formula is C12H14ClF2N3O3. The number of ether oxygens (including phenoxy) is 1. The lowest BCUT2D eigenvalue weighted by Crippen LogP contribution is -2.44. The van der Waals surface area contributed by atoms with Crippen LogP contribution in [0.3, 0.4) is 0 Å². The van der Waals surface area contributed by atoms with Gasteiger partial charge >= 0.3 is 12.6 Å². The molecule has 9 heteroatoms. The highest BCUT2D eigenvalue weighted by Crippen LogP contribution is 2.29. The summed E-state index contributed by atoms with van der Waals surface area (Å²) in [7, 11) is 1.37. The average Bonchev–Trinajstić information content (AvgIpc) is 2.41. The van der Waals surface area contributed by atoms with E-state index in [1.165, 1.54) is 32.2 Å². The highest BCUT2D eigenvalue weighted by molar-refractivity contribution is 6.32. The molecule has 6 nitrogen and oxygen atoms in total. The summed E-state index contributed by atoms with van der Waals surface area (Å²) in [6.07, 6.45) is 0. The van der Waals surface area contributed by atoms with E-state index in [0.717, 1.165) is 0 Å². The molecule has 0 aliphatic rings. The van der Waals surface area contributed by atoms with Crippen LogP contribution in [0.25, 0.3) is 0 Å². The SMILES string of the molecule is CNC(=O)NC(=O)[C@@H](C)Nc1ccc(Cl)c(OC(F)F)c1. The van der Waals surface area contributed by atoms with Crippen molar-refractivity contribution in [2.75, 3.05) is 12.4 Å². The fourth-order valence-corrected chi connectivity index (χ4v) is 1.54. The van der Waals surface area contributed by atoms with E-state index in [2.05, 4.69) is 20.7 Å². The molecule has 0 heterocycles. The highest BCUT2D eigenvalue weighted by atomic mass is 35.5. The number of rotatable bonds is 5. The van der Waals surface area contributed by atoms with Crippen molar-refractivity contribution in [3.63, 3.8) is 0 Å². The van der Waals surface area contributed by atoms with Gasteiger partial charge in [-0.2, -0.15) is 8.78 Å². The van der Waals surface area contributed by atoms with Crippen molar-refractivity contribution in [3.05, 3.63) is 23.2 Å². The van der Waals surface area contributed by atoms with Gasteiger partial charge in [-0.25, -0.2) is 4.79 Å². The Morgan fingerprint density at radius 1 is 1.33 bits per heavy atom. The Morgan fingerprint density at radius 3 is 2.57 bits per heavy atom. The van der Waals surface area contributed by atoms with Crippen molar-refractivity contribution < 1.29 is 23.1 Å². The average molecular weight is 322 g/mol. The highest BCUT2D eigenvalue weighted by Gasteiger charge is 2.16. The zero-order valence-corrected chi connectivity index (χ0v) is 12.0. The number of nitrogens with one attached hydrogen (secondary N) is 3. The molecular weight excluding hydrogens is 308 g/mol. The van der Waals surface area contributed by atoms with Gasteiger partial charge in [0.25, 0.3) is 0 Å². The van der Waals surface area contributed by atoms with Crippen molar-refractivity contribution in [1.29, 1.82) is 0 Å². The first kappa shape index (κ1) is 17.0. The lowest BCUT2D eigenvalue weighted by molar-refractivity contribution is -0.120. The Balaban J connectivity index is 2.74. The Labute approximate surface area is 124 Å². The van der Waals surface area contributed by atoms with Crippen molar-refractivity contribution in [2.45, 2.75) is 19.6 Å². The summed E-state index contributed by atoms with van der Waals surface area (Å²) in [4.78, 5) is 22.6. The number of halogens is 3. The van der Waals surface area contributed by atoms with Gasteiger partial charge in [-0.05, 0) is 19.1 Å². The summed E-state index contributed by atoms with van der Waals surface area (Å²) >= 11 is 5.71. The smallest absolute Gasteiger partial charge is 0.387 e. The van der Waals surface area contributed by atoms with E-state index >= 15 is 0 Å². The van der Waals surface area contributed by atoms with Gasteiger partial charge in [0.2, 0.25) is 5.91 Å². The zero-order chi connectivity index (χ0) is 16.0. The summed E-state index contributed by atoms with van der Waals surface area (Å²) in [6.45, 7) is -1.51. The van der Waals surface area contributed by atoms with Gasteiger partial charge in [0.05, 0.1) is 5.02 Å². The van der Waals surface area contributed by atoms with E-state index in [1.807, 2.05) is 0 Å². The van der Waals surface area contributed by atoms with Gasteiger partial charge in [-0.15, -0.1) is 0 Å². The molecule has 1 rings (SSSR count). The van der Waals surface area contributed by atoms with Gasteiger partial charge in [-0.3, -0.25) is 10.1 Å². The van der Waals surface area contributed by atoms with Crippen molar-refractivity contribution in [2.24, 2.45) is 0 Å². The number of carbonyl (C=O) groups is 2. The van der Waals surface area contributed by atoms with Crippen LogP contribution >= 0.6 is 11.6 Å². The van der Waals surface area contributed by atoms with Crippen LogP contribution in [0.4, 0.5) is 19.3 Å². The second kappa shape index (κ2) is 7.63. The fraction of sp³-hybridized carbons (Fsp3) is 0.333. The van der Waals surface area contributed by atoms with Crippen LogP contribution in [0.1, 0.15) is 6.92 Å². The summed E-state index contributed by atoms with van der Waals surface area (Å²) in [5.74, 6) is -0.795. The van der Waals surface area contributed by atoms with Crippen LogP contribution in [-0.4, -0.2) is 31.6 Å². The molecule has 0 unspecified atom stereocenters. The van der Waals surface area contributed by atoms with Crippen LogP contribution in [0.5, 0.6) is 5.75 Å². The Kier molecular flexibility index (Phi) is 6.16. The zero-order valence-electron chi connectivity index (χ0n) is 11.2. The van der Waals surface area contributed by atoms with Crippen molar-refractivity contribution >= 4 is 29.2 Å². The second-order valence-corrected chi connectivity index (χ2v) is 4.37. The lowest BCUT2D eigenvalue weighted by Gasteiger charge is -2.16. The lowest BCUT2D eigenvalue weighted by atomic mass is 10.2. The summed E-state index contributed by atoms with van der Waals surface area (Å²) in [5.41, 5.74) is 0.342. The Hall–Kier alpha value is -2.09. The number of carbonyl (C=O) groups excluding carboxylic acids is 2. The largest absolute Gasteiger partial charge is 0.433 e. The van der Waals surface area contributed by atoms with E-state index in [4.69, 9.17) is 11.6 Å². The predicted octanol–water partition coefficient (Wildman–Crippen LogP) is 2.20. The van der Waals surface area contributed by atoms with Gasteiger partial charge < -0.3 is 15.4 Å². The second-order valence-electron chi connectivity index (χ2n) is 3.96. The first-order chi connectivity index (χ1) is 9.83. The Bertz CT molecular complexity index is 528. The third-order valence-electron chi connectivity index (χ3n) is 2.39. The fourth-order valence-electron chi connectivity index (χ4n) is 1.38. The van der Waals surface area contributed by atoms with E-state index in [9.17, 15) is 18.4 Å². The van der Waals surface area contributed by atoms with Crippen LogP contribution in [0.15, 0.2) is 18.2 Å². The Morgan fingerprint density at radius 2 is 2.00 bits per heavy atom. The van der Waals surface area contributed by atoms with Crippen LogP contribution in [0, 0.1) is 0 Å². The number of urea groups is 1. The van der Waals surface area contributed by atoms with Gasteiger partial charge in [0.15, 0.2) is 0 Å². The van der Waals surface area contributed by atoms with E-state index < -0.39 is 24.6 Å². The minimum atomic E-state index is -3.01. The molecule has 0 bridgehead atoms. The molecule has 116 valence electrons. The predicted molar refractivity (Wildman–Crippen MR) is 73.8 cm³/mol. The van der Waals surface area contributed by atoms with E-state index in [-0.39, 0.29) is 10.8 Å². The number of imide groups is 1. The maximum absolute atomic E-state index is 12.2. The number of hydrogen-bond acceptors (Lipinski definition) is 4. The normalized spacial score (nSPS) is 11.7. The monoisotopic (exact) mass is 321 g/mol. The topological polar surface area (TPSA) is 79.5 Å². The van der Waals surface area contributed by atoms with Crippen LogP contribution in [-0.2, 0) is 4.79 Å². The molecule has 1 aromatic carbocycles. The molecule has 0 saturated carbocycles. The van der Waals surface area contributed by atoms with Gasteiger partial charge in [0.1, 0.15) is 11.8 Å². The minimum absolute atomic E-state index is 0.0170. The third kappa shape index (κ3) is 5.42. The van der Waals surface area contributed by atoms with Gasteiger partial charge in [0, 0.05) is 18.8 Å². The minimum Gasteiger partial charge on any atom is -0.433 e. The first-order valence-corrected chi connectivity index (χ1v) is 6.24. The molecule has 3 N–H and O–H groups in total. The third-order valence-corrected chi connectivity index (χ3v) is 2.70. The molecule has 0 radical (unpaired) electrons. The molecule has 0 saturated heterocycles. The number of amides is 3. The summed E-state index contributed by atoms with van der Waals surface area (Å²) in [6, 6.07) is 2.65. The standard InChI is InChI=1S/C12H14ClF2N3O3/c1-6(10(19)18-12(20)16-2)17-7-3-4-8(13)9(5-7)21-11(14)15/h3-6,11,17H,1-2H3,(H2,16,18,19,20)/t6-/m1/s1. The molecule has 0 spiro atoms. The quantitative estimate of drug-likeness (QED) is 0.777. The van der Waals surface area contributed by atoms with Crippen LogP contribution in [0.2, 0.25) is 5.02 Å². The first-order valence-electron chi connectivity index (χ1n) is 5.87. The molecule has 3 amide bonds. The summed E-state index contributed by atoms with van der Waals surface area (Å²) < 4.78 is 28.6.